The fourth-order valence-corrected chi connectivity index (χ4v) is 2.74. The van der Waals surface area contributed by atoms with Crippen LogP contribution in [0.5, 0.6) is 0 Å². The second-order valence-corrected chi connectivity index (χ2v) is 6.03. The molecule has 1 nitrogen and oxygen atoms in total. The van der Waals surface area contributed by atoms with Gasteiger partial charge in [-0.25, -0.2) is 0 Å². The summed E-state index contributed by atoms with van der Waals surface area (Å²) in [4.78, 5) is 11.6. The first kappa shape index (κ1) is 13.5. The lowest BCUT2D eigenvalue weighted by atomic mass is 9.68. The Morgan fingerprint density at radius 2 is 1.81 bits per heavy atom. The Kier molecular flexibility index (Phi) is 4.76. The number of carbonyl (C=O) groups excluding carboxylic acids is 1. The molecule has 0 aromatic heterocycles. The van der Waals surface area contributed by atoms with E-state index >= 15 is 0 Å². The van der Waals surface area contributed by atoms with Crippen LogP contribution in [-0.4, -0.2) is 5.78 Å². The molecule has 1 rings (SSSR count). The molecular formula is C15H26O. The average Bonchev–Trinajstić information content (AvgIpc) is 2.27. The van der Waals surface area contributed by atoms with Crippen LogP contribution in [0, 0.1) is 11.3 Å². The summed E-state index contributed by atoms with van der Waals surface area (Å²) in [7, 11) is 0. The van der Waals surface area contributed by atoms with E-state index in [1.165, 1.54) is 32.1 Å². The highest BCUT2D eigenvalue weighted by molar-refractivity contribution is 5.94. The number of hydrogen-bond donors (Lipinski definition) is 0. The summed E-state index contributed by atoms with van der Waals surface area (Å²) < 4.78 is 0. The second-order valence-electron chi connectivity index (χ2n) is 6.03. The minimum absolute atomic E-state index is 0.240. The molecular weight excluding hydrogens is 196 g/mol. The first-order valence-electron chi connectivity index (χ1n) is 6.62. The average molecular weight is 222 g/mol. The van der Waals surface area contributed by atoms with Crippen molar-refractivity contribution in [1.82, 2.24) is 0 Å². The summed E-state index contributed by atoms with van der Waals surface area (Å²) in [5.74, 6) is 1.06. The lowest BCUT2D eigenvalue weighted by Gasteiger charge is -2.37. The van der Waals surface area contributed by atoms with E-state index in [9.17, 15) is 4.79 Å². The number of carbonyl (C=O) groups is 1. The van der Waals surface area contributed by atoms with Crippen LogP contribution in [0.15, 0.2) is 12.2 Å². The van der Waals surface area contributed by atoms with E-state index < -0.39 is 0 Å². The van der Waals surface area contributed by atoms with Crippen molar-refractivity contribution in [3.63, 3.8) is 0 Å². The normalized spacial score (nSPS) is 18.4. The Morgan fingerprint density at radius 3 is 2.31 bits per heavy atom. The van der Waals surface area contributed by atoms with Gasteiger partial charge in [0, 0.05) is 6.42 Å². The molecule has 1 fully saturated rings. The van der Waals surface area contributed by atoms with Crippen molar-refractivity contribution < 1.29 is 4.79 Å². The van der Waals surface area contributed by atoms with Crippen LogP contribution in [0.1, 0.15) is 65.7 Å². The third-order valence-corrected chi connectivity index (χ3v) is 4.18. The molecule has 0 unspecified atom stereocenters. The number of Topliss-reactive ketones (excluding diaryl/α,β-unsaturated/α-hetero) is 1. The number of hydrogen-bond acceptors (Lipinski definition) is 1. The topological polar surface area (TPSA) is 17.1 Å². The van der Waals surface area contributed by atoms with E-state index in [1.54, 1.807) is 0 Å². The van der Waals surface area contributed by atoms with Crippen LogP contribution >= 0.6 is 0 Å². The van der Waals surface area contributed by atoms with Crippen molar-refractivity contribution in [1.29, 1.82) is 0 Å². The van der Waals surface area contributed by atoms with Gasteiger partial charge >= 0.3 is 0 Å². The van der Waals surface area contributed by atoms with Gasteiger partial charge in [0.05, 0.1) is 0 Å². The molecule has 1 saturated carbocycles. The van der Waals surface area contributed by atoms with E-state index in [-0.39, 0.29) is 5.78 Å². The highest BCUT2D eigenvalue weighted by Gasteiger charge is 2.30. The van der Waals surface area contributed by atoms with Gasteiger partial charge in [-0.15, -0.1) is 0 Å². The van der Waals surface area contributed by atoms with Crippen LogP contribution < -0.4 is 0 Å². The van der Waals surface area contributed by atoms with E-state index in [2.05, 4.69) is 20.4 Å². The summed E-state index contributed by atoms with van der Waals surface area (Å²) >= 11 is 0. The summed E-state index contributed by atoms with van der Waals surface area (Å²) in [6.45, 7) is 10.2. The molecule has 0 bridgehead atoms. The van der Waals surface area contributed by atoms with Crippen molar-refractivity contribution in [3.05, 3.63) is 12.2 Å². The Labute approximate surface area is 100 Å². The summed E-state index contributed by atoms with van der Waals surface area (Å²) in [6, 6.07) is 0. The molecule has 0 N–H and O–H groups in total. The molecule has 0 amide bonds. The Balaban J connectivity index is 2.43. The van der Waals surface area contributed by atoms with Crippen molar-refractivity contribution in [3.8, 4) is 0 Å². The van der Waals surface area contributed by atoms with Crippen LogP contribution in [0.25, 0.3) is 0 Å². The van der Waals surface area contributed by atoms with Gasteiger partial charge in [-0.05, 0) is 43.1 Å². The first-order chi connectivity index (χ1) is 7.43. The lowest BCUT2D eigenvalue weighted by Crippen LogP contribution is -2.27. The lowest BCUT2D eigenvalue weighted by molar-refractivity contribution is -0.116. The van der Waals surface area contributed by atoms with E-state index in [1.807, 2.05) is 6.92 Å². The van der Waals surface area contributed by atoms with E-state index in [0.29, 0.717) is 17.4 Å². The summed E-state index contributed by atoms with van der Waals surface area (Å²) in [6.07, 6.45) is 8.56. The molecule has 0 spiro atoms. The number of rotatable bonds is 5. The molecule has 0 saturated heterocycles. The highest BCUT2D eigenvalue weighted by Crippen LogP contribution is 2.41. The van der Waals surface area contributed by atoms with Crippen molar-refractivity contribution in [2.45, 2.75) is 65.7 Å². The Bertz CT molecular complexity index is 257. The maximum absolute atomic E-state index is 11.6. The second kappa shape index (κ2) is 5.65. The standard InChI is InChI=1S/C15H26O/c1-12(2)14(16)10-11-15(3,4)13-8-6-5-7-9-13/h13H,1,5-11H2,2-4H3. The predicted molar refractivity (Wildman–Crippen MR) is 69.4 cm³/mol. The maximum Gasteiger partial charge on any atom is 0.158 e. The molecule has 1 aliphatic carbocycles. The molecule has 0 atom stereocenters. The molecule has 0 heterocycles. The molecule has 1 aliphatic rings. The third kappa shape index (κ3) is 3.77. The van der Waals surface area contributed by atoms with Gasteiger partial charge in [-0.2, -0.15) is 0 Å². The van der Waals surface area contributed by atoms with Crippen LogP contribution in [0.2, 0.25) is 0 Å². The number of allylic oxidation sites excluding steroid dienone is 1. The predicted octanol–water partition coefficient (Wildman–Crippen LogP) is 4.52. The highest BCUT2D eigenvalue weighted by atomic mass is 16.1. The van der Waals surface area contributed by atoms with E-state index in [0.717, 1.165) is 12.3 Å². The molecule has 92 valence electrons. The van der Waals surface area contributed by atoms with Gasteiger partial charge < -0.3 is 0 Å². The van der Waals surface area contributed by atoms with Crippen molar-refractivity contribution in [2.24, 2.45) is 11.3 Å². The minimum Gasteiger partial charge on any atom is -0.295 e. The fraction of sp³-hybridized carbons (Fsp3) is 0.800. The fourth-order valence-electron chi connectivity index (χ4n) is 2.74. The molecule has 0 aromatic carbocycles. The van der Waals surface area contributed by atoms with Crippen molar-refractivity contribution in [2.75, 3.05) is 0 Å². The monoisotopic (exact) mass is 222 g/mol. The minimum atomic E-state index is 0.240. The zero-order valence-electron chi connectivity index (χ0n) is 11.1. The Morgan fingerprint density at radius 1 is 1.25 bits per heavy atom. The maximum atomic E-state index is 11.6. The van der Waals surface area contributed by atoms with Crippen molar-refractivity contribution >= 4 is 5.78 Å². The smallest absolute Gasteiger partial charge is 0.158 e. The van der Waals surface area contributed by atoms with Gasteiger partial charge in [0.25, 0.3) is 0 Å². The molecule has 1 heteroatoms. The van der Waals surface area contributed by atoms with Gasteiger partial charge in [0.15, 0.2) is 5.78 Å². The van der Waals surface area contributed by atoms with Gasteiger partial charge in [0.1, 0.15) is 0 Å². The molecule has 0 radical (unpaired) electrons. The zero-order valence-corrected chi connectivity index (χ0v) is 11.1. The van der Waals surface area contributed by atoms with Gasteiger partial charge in [-0.3, -0.25) is 4.79 Å². The quantitative estimate of drug-likeness (QED) is 0.625. The summed E-state index contributed by atoms with van der Waals surface area (Å²) in [5.41, 5.74) is 1.03. The van der Waals surface area contributed by atoms with E-state index in [4.69, 9.17) is 0 Å². The Hall–Kier alpha value is -0.590. The largest absolute Gasteiger partial charge is 0.295 e. The van der Waals surface area contributed by atoms with Gasteiger partial charge in [0.2, 0.25) is 0 Å². The zero-order chi connectivity index (χ0) is 12.2. The SMILES string of the molecule is C=C(C)C(=O)CCC(C)(C)C1CCCCC1. The van der Waals surface area contributed by atoms with Crippen LogP contribution in [-0.2, 0) is 4.79 Å². The first-order valence-corrected chi connectivity index (χ1v) is 6.62. The molecule has 0 aromatic rings. The summed E-state index contributed by atoms with van der Waals surface area (Å²) in [5, 5.41) is 0. The molecule has 16 heavy (non-hydrogen) atoms. The molecule has 0 aliphatic heterocycles. The van der Waals surface area contributed by atoms with Crippen LogP contribution in [0.4, 0.5) is 0 Å². The van der Waals surface area contributed by atoms with Gasteiger partial charge in [-0.1, -0.05) is 39.7 Å². The third-order valence-electron chi connectivity index (χ3n) is 4.18. The van der Waals surface area contributed by atoms with Crippen LogP contribution in [0.3, 0.4) is 0 Å². The number of ketones is 1.